The molecule has 0 aliphatic heterocycles. The van der Waals surface area contributed by atoms with Gasteiger partial charge < -0.3 is 0 Å². The van der Waals surface area contributed by atoms with Crippen LogP contribution in [-0.2, 0) is 0 Å². The van der Waals surface area contributed by atoms with E-state index in [-0.39, 0.29) is 0 Å². The monoisotopic (exact) mass is 240 g/mol. The molecule has 0 fully saturated rings. The van der Waals surface area contributed by atoms with E-state index >= 15 is 0 Å². The molecule has 2 unspecified atom stereocenters. The highest BCUT2D eigenvalue weighted by Crippen LogP contribution is 2.19. The summed E-state index contributed by atoms with van der Waals surface area (Å²) in [6.45, 7) is 11.8. The van der Waals surface area contributed by atoms with Gasteiger partial charge >= 0.3 is 0 Å². The fourth-order valence-corrected chi connectivity index (χ4v) is 2.38. The van der Waals surface area contributed by atoms with Gasteiger partial charge in [0.15, 0.2) is 0 Å². The third-order valence-corrected chi connectivity index (χ3v) is 4.07. The maximum atomic E-state index is 2.44. The number of hydrogen-bond acceptors (Lipinski definition) is 0. The van der Waals surface area contributed by atoms with Crippen LogP contribution in [0, 0.1) is 17.8 Å². The Hall–Kier alpha value is 0. The molecule has 0 heteroatoms. The topological polar surface area (TPSA) is 0 Å². The van der Waals surface area contributed by atoms with Gasteiger partial charge in [-0.2, -0.15) is 0 Å². The average Bonchev–Trinajstić information content (AvgIpc) is 2.29. The lowest BCUT2D eigenvalue weighted by atomic mass is 9.94. The molecule has 0 amide bonds. The van der Waals surface area contributed by atoms with Gasteiger partial charge in [-0.25, -0.2) is 0 Å². The van der Waals surface area contributed by atoms with Crippen LogP contribution in [0.5, 0.6) is 0 Å². The Kier molecular flexibility index (Phi) is 11.1. The van der Waals surface area contributed by atoms with E-state index in [1.807, 2.05) is 0 Å². The van der Waals surface area contributed by atoms with E-state index in [9.17, 15) is 0 Å². The first kappa shape index (κ1) is 17.0. The summed E-state index contributed by atoms with van der Waals surface area (Å²) in [5.74, 6) is 2.79. The molecule has 0 aromatic carbocycles. The Morgan fingerprint density at radius 3 is 1.41 bits per heavy atom. The van der Waals surface area contributed by atoms with Crippen LogP contribution >= 0.6 is 0 Å². The molecule has 104 valence electrons. The summed E-state index contributed by atoms with van der Waals surface area (Å²) in [5.41, 5.74) is 0. The maximum absolute atomic E-state index is 2.44. The van der Waals surface area contributed by atoms with Crippen LogP contribution in [0.3, 0.4) is 0 Å². The highest BCUT2D eigenvalue weighted by Gasteiger charge is 2.04. The van der Waals surface area contributed by atoms with Crippen molar-refractivity contribution in [2.24, 2.45) is 17.8 Å². The van der Waals surface area contributed by atoms with Gasteiger partial charge in [-0.3, -0.25) is 0 Å². The van der Waals surface area contributed by atoms with Gasteiger partial charge in [-0.1, -0.05) is 92.4 Å². The van der Waals surface area contributed by atoms with E-state index < -0.39 is 0 Å². The SMILES string of the molecule is CCC(C)CCCCC(C)CCCCC(C)C. The Morgan fingerprint density at radius 2 is 1.00 bits per heavy atom. The summed E-state index contributed by atoms with van der Waals surface area (Å²) in [6.07, 6.45) is 12.9. The third-order valence-electron chi connectivity index (χ3n) is 4.07. The lowest BCUT2D eigenvalue weighted by molar-refractivity contribution is 0.408. The minimum absolute atomic E-state index is 0.890. The molecule has 0 bridgehead atoms. The maximum Gasteiger partial charge on any atom is -0.0443 e. The minimum atomic E-state index is 0.890. The molecule has 0 radical (unpaired) electrons. The van der Waals surface area contributed by atoms with Crippen LogP contribution in [0.2, 0.25) is 0 Å². The van der Waals surface area contributed by atoms with Gasteiger partial charge in [-0.05, 0) is 17.8 Å². The molecule has 2 atom stereocenters. The van der Waals surface area contributed by atoms with Crippen LogP contribution < -0.4 is 0 Å². The second kappa shape index (κ2) is 11.1. The quantitative estimate of drug-likeness (QED) is 0.364. The van der Waals surface area contributed by atoms with Crippen LogP contribution in [0.4, 0.5) is 0 Å². The summed E-state index contributed by atoms with van der Waals surface area (Å²) in [5, 5.41) is 0. The molecule has 0 aromatic rings. The summed E-state index contributed by atoms with van der Waals surface area (Å²) in [4.78, 5) is 0. The van der Waals surface area contributed by atoms with Crippen molar-refractivity contribution in [3.63, 3.8) is 0 Å². The van der Waals surface area contributed by atoms with Crippen molar-refractivity contribution in [2.45, 2.75) is 92.4 Å². The molecule has 0 aliphatic carbocycles. The van der Waals surface area contributed by atoms with Crippen molar-refractivity contribution in [3.05, 3.63) is 0 Å². The van der Waals surface area contributed by atoms with Crippen LogP contribution in [0.15, 0.2) is 0 Å². The fraction of sp³-hybridized carbons (Fsp3) is 1.00. The van der Waals surface area contributed by atoms with Crippen molar-refractivity contribution in [2.75, 3.05) is 0 Å². The van der Waals surface area contributed by atoms with E-state index in [0.717, 1.165) is 17.8 Å². The lowest BCUT2D eigenvalue weighted by Crippen LogP contribution is -1.97. The Morgan fingerprint density at radius 1 is 0.588 bits per heavy atom. The van der Waals surface area contributed by atoms with E-state index in [2.05, 4.69) is 34.6 Å². The van der Waals surface area contributed by atoms with Gasteiger partial charge in [0, 0.05) is 0 Å². The van der Waals surface area contributed by atoms with E-state index in [1.54, 1.807) is 0 Å². The predicted molar refractivity (Wildman–Crippen MR) is 80.4 cm³/mol. The van der Waals surface area contributed by atoms with Crippen molar-refractivity contribution in [1.82, 2.24) is 0 Å². The summed E-state index contributed by atoms with van der Waals surface area (Å²) in [7, 11) is 0. The Balaban J connectivity index is 3.26. The number of hydrogen-bond donors (Lipinski definition) is 0. The zero-order valence-electron chi connectivity index (χ0n) is 13.1. The zero-order valence-corrected chi connectivity index (χ0v) is 13.1. The van der Waals surface area contributed by atoms with Crippen LogP contribution in [0.25, 0.3) is 0 Å². The van der Waals surface area contributed by atoms with Gasteiger partial charge in [-0.15, -0.1) is 0 Å². The van der Waals surface area contributed by atoms with Gasteiger partial charge in [0.25, 0.3) is 0 Å². The molecule has 0 nitrogen and oxygen atoms in total. The summed E-state index contributed by atoms with van der Waals surface area (Å²) in [6, 6.07) is 0. The molecule has 0 N–H and O–H groups in total. The molecule has 0 saturated carbocycles. The Labute approximate surface area is 111 Å². The third kappa shape index (κ3) is 12.2. The predicted octanol–water partition coefficient (Wildman–Crippen LogP) is 6.45. The molecule has 0 heterocycles. The second-order valence-electron chi connectivity index (χ2n) is 6.58. The molecular weight excluding hydrogens is 204 g/mol. The Bertz CT molecular complexity index is 148. The fourth-order valence-electron chi connectivity index (χ4n) is 2.38. The summed E-state index contributed by atoms with van der Waals surface area (Å²) < 4.78 is 0. The molecule has 0 rings (SSSR count). The molecule has 0 aliphatic rings. The van der Waals surface area contributed by atoms with Gasteiger partial charge in [0.05, 0.1) is 0 Å². The van der Waals surface area contributed by atoms with Crippen LogP contribution in [-0.4, -0.2) is 0 Å². The van der Waals surface area contributed by atoms with Crippen LogP contribution in [0.1, 0.15) is 92.4 Å². The lowest BCUT2D eigenvalue weighted by Gasteiger charge is -2.13. The standard InChI is InChI=1S/C17H36/c1-6-16(4)12-9-10-14-17(5)13-8-7-11-15(2)3/h15-17H,6-14H2,1-5H3. The van der Waals surface area contributed by atoms with Crippen molar-refractivity contribution in [3.8, 4) is 0 Å². The summed E-state index contributed by atoms with van der Waals surface area (Å²) >= 11 is 0. The smallest absolute Gasteiger partial charge is 0.0443 e. The van der Waals surface area contributed by atoms with Crippen molar-refractivity contribution >= 4 is 0 Å². The molecular formula is C17H36. The molecule has 0 spiro atoms. The first-order valence-corrected chi connectivity index (χ1v) is 8.06. The normalized spacial score (nSPS) is 15.2. The van der Waals surface area contributed by atoms with E-state index in [4.69, 9.17) is 0 Å². The molecule has 0 saturated heterocycles. The first-order chi connectivity index (χ1) is 8.06. The van der Waals surface area contributed by atoms with E-state index in [0.29, 0.717) is 0 Å². The zero-order chi connectivity index (χ0) is 13.1. The van der Waals surface area contributed by atoms with E-state index in [1.165, 1.54) is 57.8 Å². The second-order valence-corrected chi connectivity index (χ2v) is 6.58. The highest BCUT2D eigenvalue weighted by atomic mass is 14.1. The largest absolute Gasteiger partial charge is 0.0651 e. The number of rotatable bonds is 11. The molecule has 0 aromatic heterocycles. The minimum Gasteiger partial charge on any atom is -0.0651 e. The number of unbranched alkanes of at least 4 members (excludes halogenated alkanes) is 2. The average molecular weight is 240 g/mol. The van der Waals surface area contributed by atoms with Crippen molar-refractivity contribution in [1.29, 1.82) is 0 Å². The van der Waals surface area contributed by atoms with Gasteiger partial charge in [0.1, 0.15) is 0 Å². The van der Waals surface area contributed by atoms with Crippen molar-refractivity contribution < 1.29 is 0 Å². The van der Waals surface area contributed by atoms with Gasteiger partial charge in [0.2, 0.25) is 0 Å². The highest BCUT2D eigenvalue weighted by molar-refractivity contribution is 4.57. The first-order valence-electron chi connectivity index (χ1n) is 8.06. The molecule has 17 heavy (non-hydrogen) atoms.